The molecule has 3 rings (SSSR count). The average Bonchev–Trinajstić information content (AvgIpc) is 2.93. The van der Waals surface area contributed by atoms with Gasteiger partial charge in [0.15, 0.2) is 11.5 Å². The summed E-state index contributed by atoms with van der Waals surface area (Å²) in [7, 11) is 1.81. The quantitative estimate of drug-likeness (QED) is 0.906. The summed E-state index contributed by atoms with van der Waals surface area (Å²) < 4.78 is 16.2. The Bertz CT molecular complexity index is 435. The molecule has 0 bridgehead atoms. The number of fused-ring (bicyclic) bond motifs is 1. The number of hydrogen-bond acceptors (Lipinski definition) is 4. The molecule has 2 atom stereocenters. The van der Waals surface area contributed by atoms with Gasteiger partial charge in [-0.2, -0.15) is 0 Å². The maximum Gasteiger partial charge on any atom is 0.231 e. The van der Waals surface area contributed by atoms with Crippen molar-refractivity contribution < 1.29 is 14.2 Å². The molecule has 104 valence electrons. The number of nitrogens with one attached hydrogen (secondary N) is 1. The lowest BCUT2D eigenvalue weighted by Crippen LogP contribution is -2.36. The van der Waals surface area contributed by atoms with Crippen molar-refractivity contribution in [3.63, 3.8) is 0 Å². The summed E-state index contributed by atoms with van der Waals surface area (Å²) in [6.07, 6.45) is 5.21. The highest BCUT2D eigenvalue weighted by atomic mass is 16.7. The summed E-state index contributed by atoms with van der Waals surface area (Å²) >= 11 is 0. The van der Waals surface area contributed by atoms with Crippen LogP contribution in [0.15, 0.2) is 18.2 Å². The van der Waals surface area contributed by atoms with Crippen molar-refractivity contribution in [1.29, 1.82) is 0 Å². The summed E-state index contributed by atoms with van der Waals surface area (Å²) in [4.78, 5) is 0. The molecule has 0 radical (unpaired) electrons. The molecule has 4 heteroatoms. The Morgan fingerprint density at radius 2 is 2.16 bits per heavy atom. The molecule has 4 nitrogen and oxygen atoms in total. The third-order valence-electron chi connectivity index (χ3n) is 3.99. The Morgan fingerprint density at radius 1 is 1.26 bits per heavy atom. The summed E-state index contributed by atoms with van der Waals surface area (Å²) in [5.41, 5.74) is 1.24. The van der Waals surface area contributed by atoms with Gasteiger partial charge in [0.05, 0.1) is 6.10 Å². The minimum atomic E-state index is 0.338. The number of methoxy groups -OCH3 is 1. The first-order valence-electron chi connectivity index (χ1n) is 7.00. The molecular formula is C15H21NO3. The fraction of sp³-hybridized carbons (Fsp3) is 0.600. The van der Waals surface area contributed by atoms with E-state index in [1.54, 1.807) is 0 Å². The van der Waals surface area contributed by atoms with Crippen LogP contribution >= 0.6 is 0 Å². The molecule has 0 spiro atoms. The van der Waals surface area contributed by atoms with Gasteiger partial charge in [-0.1, -0.05) is 6.07 Å². The van der Waals surface area contributed by atoms with E-state index < -0.39 is 0 Å². The van der Waals surface area contributed by atoms with Crippen molar-refractivity contribution in [2.45, 2.75) is 44.4 Å². The second kappa shape index (κ2) is 5.80. The molecule has 0 aromatic heterocycles. The molecule has 1 heterocycles. The topological polar surface area (TPSA) is 39.7 Å². The lowest BCUT2D eigenvalue weighted by atomic mass is 9.92. The second-order valence-electron chi connectivity index (χ2n) is 5.29. The van der Waals surface area contributed by atoms with Gasteiger partial charge >= 0.3 is 0 Å². The first-order valence-corrected chi connectivity index (χ1v) is 7.00. The third-order valence-corrected chi connectivity index (χ3v) is 3.99. The summed E-state index contributed by atoms with van der Waals surface area (Å²) in [6.45, 7) is 1.21. The van der Waals surface area contributed by atoms with Gasteiger partial charge < -0.3 is 19.5 Å². The predicted octanol–water partition coefficient (Wildman–Crippen LogP) is 2.46. The van der Waals surface area contributed by atoms with Crippen molar-refractivity contribution in [2.75, 3.05) is 13.9 Å². The van der Waals surface area contributed by atoms with Gasteiger partial charge in [0.25, 0.3) is 0 Å². The van der Waals surface area contributed by atoms with Crippen LogP contribution in [-0.4, -0.2) is 26.0 Å². The molecule has 0 amide bonds. The highest BCUT2D eigenvalue weighted by molar-refractivity contribution is 5.44. The van der Waals surface area contributed by atoms with Crippen LogP contribution in [0.5, 0.6) is 11.5 Å². The lowest BCUT2D eigenvalue weighted by molar-refractivity contribution is 0.0586. The Hall–Kier alpha value is -1.26. The molecule has 2 aliphatic rings. The van der Waals surface area contributed by atoms with Gasteiger partial charge in [0, 0.05) is 19.7 Å². The fourth-order valence-corrected chi connectivity index (χ4v) is 2.86. The first-order chi connectivity index (χ1) is 9.35. The predicted molar refractivity (Wildman–Crippen MR) is 72.5 cm³/mol. The van der Waals surface area contributed by atoms with Crippen molar-refractivity contribution in [3.8, 4) is 11.5 Å². The van der Waals surface area contributed by atoms with Crippen molar-refractivity contribution in [2.24, 2.45) is 0 Å². The summed E-state index contributed by atoms with van der Waals surface area (Å²) in [5.74, 6) is 1.71. The largest absolute Gasteiger partial charge is 0.454 e. The van der Waals surface area contributed by atoms with Gasteiger partial charge in [0.1, 0.15) is 0 Å². The van der Waals surface area contributed by atoms with Crippen molar-refractivity contribution >= 4 is 0 Å². The van der Waals surface area contributed by atoms with Crippen LogP contribution in [0.1, 0.15) is 31.2 Å². The van der Waals surface area contributed by atoms with Crippen LogP contribution in [-0.2, 0) is 11.3 Å². The Labute approximate surface area is 114 Å². The smallest absolute Gasteiger partial charge is 0.231 e. The van der Waals surface area contributed by atoms with Gasteiger partial charge in [-0.3, -0.25) is 0 Å². The van der Waals surface area contributed by atoms with Gasteiger partial charge in [-0.05, 0) is 43.4 Å². The molecule has 1 aliphatic heterocycles. The van der Waals surface area contributed by atoms with Gasteiger partial charge in [-0.25, -0.2) is 0 Å². The second-order valence-corrected chi connectivity index (χ2v) is 5.29. The van der Waals surface area contributed by atoms with E-state index in [0.717, 1.165) is 24.5 Å². The van der Waals surface area contributed by atoms with Crippen LogP contribution < -0.4 is 14.8 Å². The molecule has 1 saturated carbocycles. The van der Waals surface area contributed by atoms with Crippen LogP contribution in [0.25, 0.3) is 0 Å². The fourth-order valence-electron chi connectivity index (χ4n) is 2.86. The number of hydrogen-bond donors (Lipinski definition) is 1. The zero-order valence-electron chi connectivity index (χ0n) is 11.4. The van der Waals surface area contributed by atoms with Gasteiger partial charge in [0.2, 0.25) is 6.79 Å². The van der Waals surface area contributed by atoms with Crippen LogP contribution in [0.2, 0.25) is 0 Å². The van der Waals surface area contributed by atoms with E-state index in [-0.39, 0.29) is 0 Å². The number of ether oxygens (including phenoxy) is 3. The molecule has 0 saturated heterocycles. The third kappa shape index (κ3) is 3.01. The molecule has 2 unspecified atom stereocenters. The standard InChI is InChI=1S/C15H21NO3/c1-17-13-4-2-3-12(8-13)16-9-11-5-6-14-15(7-11)19-10-18-14/h5-7,12-13,16H,2-4,8-10H2,1H3. The lowest BCUT2D eigenvalue weighted by Gasteiger charge is -2.29. The SMILES string of the molecule is COC1CCCC(NCc2ccc3c(c2)OCO3)C1. The van der Waals surface area contributed by atoms with Gasteiger partial charge in [-0.15, -0.1) is 0 Å². The van der Waals surface area contributed by atoms with Crippen molar-refractivity contribution in [1.82, 2.24) is 5.32 Å². The molecule has 1 fully saturated rings. The molecular weight excluding hydrogens is 242 g/mol. The maximum absolute atomic E-state index is 5.46. The van der Waals surface area contributed by atoms with Crippen molar-refractivity contribution in [3.05, 3.63) is 23.8 Å². The Kier molecular flexibility index (Phi) is 3.89. The molecule has 1 N–H and O–H groups in total. The first kappa shape index (κ1) is 12.8. The van der Waals surface area contributed by atoms with E-state index in [0.29, 0.717) is 18.9 Å². The summed E-state index contributed by atoms with van der Waals surface area (Å²) in [6, 6.07) is 6.70. The highest BCUT2D eigenvalue weighted by Gasteiger charge is 2.21. The number of rotatable bonds is 4. The Morgan fingerprint density at radius 3 is 3.05 bits per heavy atom. The van der Waals surface area contributed by atoms with Crippen LogP contribution in [0.3, 0.4) is 0 Å². The van der Waals surface area contributed by atoms with E-state index in [1.807, 2.05) is 13.2 Å². The monoisotopic (exact) mass is 263 g/mol. The molecule has 19 heavy (non-hydrogen) atoms. The van der Waals surface area contributed by atoms with Crippen LogP contribution in [0, 0.1) is 0 Å². The summed E-state index contributed by atoms with van der Waals surface area (Å²) in [5, 5.41) is 3.62. The normalized spacial score (nSPS) is 25.5. The Balaban J connectivity index is 1.54. The van der Waals surface area contributed by atoms with E-state index in [4.69, 9.17) is 14.2 Å². The minimum absolute atomic E-state index is 0.338. The highest BCUT2D eigenvalue weighted by Crippen LogP contribution is 2.32. The molecule has 1 aromatic carbocycles. The molecule has 1 aromatic rings. The van der Waals surface area contributed by atoms with E-state index in [2.05, 4.69) is 17.4 Å². The maximum atomic E-state index is 5.46. The van der Waals surface area contributed by atoms with E-state index in [1.165, 1.54) is 24.8 Å². The average molecular weight is 263 g/mol. The van der Waals surface area contributed by atoms with E-state index >= 15 is 0 Å². The molecule has 1 aliphatic carbocycles. The van der Waals surface area contributed by atoms with E-state index in [9.17, 15) is 0 Å². The zero-order chi connectivity index (χ0) is 13.1. The zero-order valence-corrected chi connectivity index (χ0v) is 11.4. The number of benzene rings is 1. The minimum Gasteiger partial charge on any atom is -0.454 e. The van der Waals surface area contributed by atoms with Crippen LogP contribution in [0.4, 0.5) is 0 Å².